The van der Waals surface area contributed by atoms with Gasteiger partial charge in [0.1, 0.15) is 6.04 Å². The minimum Gasteiger partial charge on any atom is -0.468 e. The summed E-state index contributed by atoms with van der Waals surface area (Å²) in [6.07, 6.45) is 0. The Morgan fingerprint density at radius 1 is 1.41 bits per heavy atom. The SMILES string of the molecule is COC(=O)C(NC(C)c1ccc(Br)s1)C(C)C. The third-order valence-electron chi connectivity index (χ3n) is 2.57. The lowest BCUT2D eigenvalue weighted by atomic mass is 10.0. The second-order valence-electron chi connectivity index (χ2n) is 4.28. The minimum absolute atomic E-state index is 0.137. The van der Waals surface area contributed by atoms with E-state index < -0.39 is 0 Å². The molecule has 3 nitrogen and oxygen atoms in total. The van der Waals surface area contributed by atoms with Crippen molar-refractivity contribution in [1.29, 1.82) is 0 Å². The van der Waals surface area contributed by atoms with E-state index in [-0.39, 0.29) is 24.0 Å². The summed E-state index contributed by atoms with van der Waals surface area (Å²) in [7, 11) is 1.42. The minimum atomic E-state index is -0.268. The molecule has 2 unspecified atom stereocenters. The Balaban J connectivity index is 2.70. The van der Waals surface area contributed by atoms with Crippen LogP contribution in [0, 0.1) is 5.92 Å². The number of halogens is 1. The van der Waals surface area contributed by atoms with Gasteiger partial charge in [0.25, 0.3) is 0 Å². The molecule has 5 heteroatoms. The molecule has 0 amide bonds. The third-order valence-corrected chi connectivity index (χ3v) is 4.38. The molecule has 0 spiro atoms. The fourth-order valence-corrected chi connectivity index (χ4v) is 3.01. The lowest BCUT2D eigenvalue weighted by Crippen LogP contribution is -2.42. The molecule has 96 valence electrons. The first-order valence-corrected chi connectivity index (χ1v) is 7.15. The molecule has 0 fully saturated rings. The number of carbonyl (C=O) groups is 1. The number of hydrogen-bond donors (Lipinski definition) is 1. The van der Waals surface area contributed by atoms with E-state index in [0.29, 0.717) is 0 Å². The number of hydrogen-bond acceptors (Lipinski definition) is 4. The van der Waals surface area contributed by atoms with Crippen LogP contribution in [0.1, 0.15) is 31.7 Å². The van der Waals surface area contributed by atoms with Crippen molar-refractivity contribution in [3.63, 3.8) is 0 Å². The fourth-order valence-electron chi connectivity index (χ4n) is 1.57. The highest BCUT2D eigenvalue weighted by atomic mass is 79.9. The first kappa shape index (κ1) is 14.7. The maximum atomic E-state index is 11.6. The summed E-state index contributed by atoms with van der Waals surface area (Å²) in [5.74, 6) is -0.00391. The zero-order valence-electron chi connectivity index (χ0n) is 10.5. The molecule has 0 aliphatic rings. The van der Waals surface area contributed by atoms with Gasteiger partial charge < -0.3 is 4.74 Å². The monoisotopic (exact) mass is 319 g/mol. The van der Waals surface area contributed by atoms with Crippen LogP contribution in [0.25, 0.3) is 0 Å². The van der Waals surface area contributed by atoms with E-state index in [4.69, 9.17) is 4.74 Å². The van der Waals surface area contributed by atoms with Gasteiger partial charge in [0, 0.05) is 10.9 Å². The molecule has 1 rings (SSSR count). The zero-order chi connectivity index (χ0) is 13.0. The molecular weight excluding hydrogens is 302 g/mol. The van der Waals surface area contributed by atoms with Crippen molar-refractivity contribution in [3.05, 3.63) is 20.8 Å². The highest BCUT2D eigenvalue weighted by molar-refractivity contribution is 9.11. The van der Waals surface area contributed by atoms with Crippen molar-refractivity contribution < 1.29 is 9.53 Å². The number of carbonyl (C=O) groups excluding carboxylic acids is 1. The molecule has 0 aliphatic heterocycles. The van der Waals surface area contributed by atoms with E-state index in [9.17, 15) is 4.79 Å². The lowest BCUT2D eigenvalue weighted by molar-refractivity contribution is -0.144. The van der Waals surface area contributed by atoms with Crippen molar-refractivity contribution >= 4 is 33.2 Å². The summed E-state index contributed by atoms with van der Waals surface area (Å²) in [4.78, 5) is 12.8. The van der Waals surface area contributed by atoms with Crippen LogP contribution < -0.4 is 5.32 Å². The predicted molar refractivity (Wildman–Crippen MR) is 74.2 cm³/mol. The van der Waals surface area contributed by atoms with Gasteiger partial charge in [0.05, 0.1) is 10.9 Å². The molecule has 17 heavy (non-hydrogen) atoms. The van der Waals surface area contributed by atoms with Gasteiger partial charge in [0.15, 0.2) is 0 Å². The highest BCUT2D eigenvalue weighted by Crippen LogP contribution is 2.27. The van der Waals surface area contributed by atoms with Crippen LogP contribution in [-0.2, 0) is 9.53 Å². The number of rotatable bonds is 5. The second-order valence-corrected chi connectivity index (χ2v) is 6.77. The van der Waals surface area contributed by atoms with E-state index in [1.165, 1.54) is 12.0 Å². The Kier molecular flexibility index (Phi) is 5.62. The molecule has 1 aromatic rings. The first-order valence-electron chi connectivity index (χ1n) is 5.54. The van der Waals surface area contributed by atoms with E-state index in [0.717, 1.165) is 3.79 Å². The van der Waals surface area contributed by atoms with Gasteiger partial charge in [-0.25, -0.2) is 0 Å². The normalized spacial score (nSPS) is 14.7. The van der Waals surface area contributed by atoms with Crippen LogP contribution in [-0.4, -0.2) is 19.1 Å². The third kappa shape index (κ3) is 4.08. The average Bonchev–Trinajstić information content (AvgIpc) is 2.71. The molecule has 2 atom stereocenters. The van der Waals surface area contributed by atoms with Gasteiger partial charge in [-0.05, 0) is 40.9 Å². The number of methoxy groups -OCH3 is 1. The summed E-state index contributed by atoms with van der Waals surface area (Å²) in [6.45, 7) is 6.06. The Hall–Kier alpha value is -0.390. The van der Waals surface area contributed by atoms with Gasteiger partial charge in [-0.15, -0.1) is 11.3 Å². The summed E-state index contributed by atoms with van der Waals surface area (Å²) in [5, 5.41) is 3.31. The quantitative estimate of drug-likeness (QED) is 0.846. The zero-order valence-corrected chi connectivity index (χ0v) is 12.9. The van der Waals surface area contributed by atoms with Crippen LogP contribution in [0.15, 0.2) is 15.9 Å². The predicted octanol–water partition coefficient (Wildman–Crippen LogP) is 3.36. The Morgan fingerprint density at radius 3 is 2.47 bits per heavy atom. The smallest absolute Gasteiger partial charge is 0.323 e. The van der Waals surface area contributed by atoms with Crippen molar-refractivity contribution in [2.24, 2.45) is 5.92 Å². The highest BCUT2D eigenvalue weighted by Gasteiger charge is 2.25. The van der Waals surface area contributed by atoms with Crippen LogP contribution in [0.4, 0.5) is 0 Å². The van der Waals surface area contributed by atoms with Crippen molar-refractivity contribution in [3.8, 4) is 0 Å². The average molecular weight is 320 g/mol. The molecular formula is C12H18BrNO2S. The maximum absolute atomic E-state index is 11.6. The Bertz CT molecular complexity index is 378. The van der Waals surface area contributed by atoms with E-state index in [1.54, 1.807) is 11.3 Å². The number of nitrogens with one attached hydrogen (secondary N) is 1. The summed E-state index contributed by atoms with van der Waals surface area (Å²) in [6, 6.07) is 3.94. The lowest BCUT2D eigenvalue weighted by Gasteiger charge is -2.23. The summed E-state index contributed by atoms with van der Waals surface area (Å²) < 4.78 is 5.91. The molecule has 1 aromatic heterocycles. The number of ether oxygens (including phenoxy) is 1. The molecule has 0 aromatic carbocycles. The van der Waals surface area contributed by atoms with Gasteiger partial charge in [-0.1, -0.05) is 13.8 Å². The number of esters is 1. The molecule has 1 heterocycles. The molecule has 0 saturated heterocycles. The van der Waals surface area contributed by atoms with Crippen LogP contribution in [0.2, 0.25) is 0 Å². The molecule has 1 N–H and O–H groups in total. The summed E-state index contributed by atoms with van der Waals surface area (Å²) >= 11 is 5.11. The van der Waals surface area contributed by atoms with Gasteiger partial charge in [0.2, 0.25) is 0 Å². The van der Waals surface area contributed by atoms with Gasteiger partial charge in [-0.2, -0.15) is 0 Å². The van der Waals surface area contributed by atoms with Crippen molar-refractivity contribution in [2.75, 3.05) is 7.11 Å². The fraction of sp³-hybridized carbons (Fsp3) is 0.583. The largest absolute Gasteiger partial charge is 0.468 e. The molecule has 0 saturated carbocycles. The van der Waals surface area contributed by atoms with Crippen molar-refractivity contribution in [1.82, 2.24) is 5.32 Å². The molecule has 0 radical (unpaired) electrons. The van der Waals surface area contributed by atoms with Gasteiger partial charge in [-0.3, -0.25) is 10.1 Å². The van der Waals surface area contributed by atoms with E-state index in [1.807, 2.05) is 19.9 Å². The Morgan fingerprint density at radius 2 is 2.06 bits per heavy atom. The molecule has 0 bridgehead atoms. The van der Waals surface area contributed by atoms with E-state index >= 15 is 0 Å². The summed E-state index contributed by atoms with van der Waals surface area (Å²) in [5.41, 5.74) is 0. The second kappa shape index (κ2) is 6.52. The Labute approximate surface area is 115 Å². The van der Waals surface area contributed by atoms with Crippen molar-refractivity contribution in [2.45, 2.75) is 32.9 Å². The first-order chi connectivity index (χ1) is 7.95. The maximum Gasteiger partial charge on any atom is 0.323 e. The standard InChI is InChI=1S/C12H18BrNO2S/c1-7(2)11(12(15)16-4)14-8(3)9-5-6-10(13)17-9/h5-8,11,14H,1-4H3. The van der Waals surface area contributed by atoms with Crippen LogP contribution in [0.3, 0.4) is 0 Å². The molecule has 0 aliphatic carbocycles. The topological polar surface area (TPSA) is 38.3 Å². The van der Waals surface area contributed by atoms with E-state index in [2.05, 4.69) is 34.2 Å². The van der Waals surface area contributed by atoms with Crippen LogP contribution in [0.5, 0.6) is 0 Å². The van der Waals surface area contributed by atoms with Crippen LogP contribution >= 0.6 is 27.3 Å². The number of thiophene rings is 1. The van der Waals surface area contributed by atoms with Gasteiger partial charge >= 0.3 is 5.97 Å².